The minimum Gasteiger partial charge on any atom is -0.329 e. The van der Waals surface area contributed by atoms with Gasteiger partial charge in [0.15, 0.2) is 0 Å². The molecule has 0 atom stereocenters. The van der Waals surface area contributed by atoms with E-state index >= 15 is 0 Å². The second kappa shape index (κ2) is 3.92. The second-order valence-corrected chi connectivity index (χ2v) is 3.06. The summed E-state index contributed by atoms with van der Waals surface area (Å²) in [7, 11) is 0. The highest BCUT2D eigenvalue weighted by molar-refractivity contribution is 5.81. The summed E-state index contributed by atoms with van der Waals surface area (Å²) in [5.41, 5.74) is 2.15. The van der Waals surface area contributed by atoms with Crippen molar-refractivity contribution in [3.63, 3.8) is 0 Å². The van der Waals surface area contributed by atoms with E-state index < -0.39 is 0 Å². The van der Waals surface area contributed by atoms with Gasteiger partial charge in [-0.2, -0.15) is 0 Å². The SMILES string of the molecule is [CH]=Cc1ccc(N2C=NC=CC2)cc1. The van der Waals surface area contributed by atoms with E-state index in [1.807, 2.05) is 36.7 Å². The summed E-state index contributed by atoms with van der Waals surface area (Å²) in [6.07, 6.45) is 7.23. The Morgan fingerprint density at radius 1 is 1.29 bits per heavy atom. The maximum atomic E-state index is 5.40. The molecule has 0 saturated heterocycles. The Balaban J connectivity index is 2.20. The van der Waals surface area contributed by atoms with Crippen LogP contribution in [0, 0.1) is 6.58 Å². The molecule has 0 N–H and O–H groups in total. The van der Waals surface area contributed by atoms with Gasteiger partial charge in [0.1, 0.15) is 0 Å². The van der Waals surface area contributed by atoms with Gasteiger partial charge in [0.05, 0.1) is 6.34 Å². The smallest absolute Gasteiger partial charge is 0.0952 e. The van der Waals surface area contributed by atoms with Crippen LogP contribution >= 0.6 is 0 Å². The van der Waals surface area contributed by atoms with Crippen LogP contribution < -0.4 is 4.90 Å². The number of anilines is 1. The van der Waals surface area contributed by atoms with Gasteiger partial charge in [-0.15, -0.1) is 0 Å². The molecule has 0 aliphatic carbocycles. The third-order valence-electron chi connectivity index (χ3n) is 2.12. The van der Waals surface area contributed by atoms with Crippen molar-refractivity contribution >= 4 is 18.1 Å². The Morgan fingerprint density at radius 2 is 2.07 bits per heavy atom. The summed E-state index contributed by atoms with van der Waals surface area (Å²) < 4.78 is 0. The Bertz CT molecular complexity index is 374. The van der Waals surface area contributed by atoms with Gasteiger partial charge in [-0.3, -0.25) is 0 Å². The Kier molecular flexibility index (Phi) is 2.45. The van der Waals surface area contributed by atoms with Crippen molar-refractivity contribution in [2.45, 2.75) is 0 Å². The van der Waals surface area contributed by atoms with E-state index in [-0.39, 0.29) is 0 Å². The molecule has 14 heavy (non-hydrogen) atoms. The monoisotopic (exact) mass is 183 g/mol. The molecule has 1 heterocycles. The lowest BCUT2D eigenvalue weighted by atomic mass is 10.2. The van der Waals surface area contributed by atoms with E-state index in [4.69, 9.17) is 6.58 Å². The predicted octanol–water partition coefficient (Wildman–Crippen LogP) is 2.49. The van der Waals surface area contributed by atoms with Crippen LogP contribution in [-0.2, 0) is 0 Å². The lowest BCUT2D eigenvalue weighted by molar-refractivity contribution is 1.13. The molecule has 0 amide bonds. The van der Waals surface area contributed by atoms with Gasteiger partial charge in [0.2, 0.25) is 0 Å². The highest BCUT2D eigenvalue weighted by Crippen LogP contribution is 2.15. The molecule has 0 bridgehead atoms. The zero-order chi connectivity index (χ0) is 9.80. The first-order valence-corrected chi connectivity index (χ1v) is 4.50. The van der Waals surface area contributed by atoms with Gasteiger partial charge >= 0.3 is 0 Å². The number of nitrogens with zero attached hydrogens (tertiary/aromatic N) is 2. The number of benzene rings is 1. The van der Waals surface area contributed by atoms with Crippen LogP contribution in [0.15, 0.2) is 41.5 Å². The summed E-state index contributed by atoms with van der Waals surface area (Å²) in [5, 5.41) is 0. The summed E-state index contributed by atoms with van der Waals surface area (Å²) in [4.78, 5) is 6.14. The number of aliphatic imine (C=N–C) groups is 1. The molecule has 0 fully saturated rings. The molecule has 2 nitrogen and oxygen atoms in total. The van der Waals surface area contributed by atoms with E-state index in [9.17, 15) is 0 Å². The first kappa shape index (κ1) is 8.75. The fourth-order valence-corrected chi connectivity index (χ4v) is 1.34. The van der Waals surface area contributed by atoms with Crippen LogP contribution in [-0.4, -0.2) is 12.9 Å². The van der Waals surface area contributed by atoms with E-state index in [1.54, 1.807) is 12.3 Å². The van der Waals surface area contributed by atoms with E-state index in [0.29, 0.717) is 0 Å². The Hall–Kier alpha value is -1.83. The highest BCUT2D eigenvalue weighted by atomic mass is 15.2. The van der Waals surface area contributed by atoms with Crippen molar-refractivity contribution in [3.05, 3.63) is 48.7 Å². The van der Waals surface area contributed by atoms with Gasteiger partial charge in [-0.05, 0) is 23.8 Å². The van der Waals surface area contributed by atoms with Crippen molar-refractivity contribution in [1.82, 2.24) is 0 Å². The molecule has 2 rings (SSSR count). The fraction of sp³-hybridized carbons (Fsp3) is 0.0833. The molecular weight excluding hydrogens is 172 g/mol. The largest absolute Gasteiger partial charge is 0.329 e. The minimum absolute atomic E-state index is 0.870. The predicted molar refractivity (Wildman–Crippen MR) is 60.2 cm³/mol. The summed E-state index contributed by atoms with van der Waals surface area (Å²) >= 11 is 0. The average molecular weight is 183 g/mol. The van der Waals surface area contributed by atoms with E-state index in [1.165, 1.54) is 0 Å². The summed E-state index contributed by atoms with van der Waals surface area (Å²) in [6, 6.07) is 8.04. The standard InChI is InChI=1S/C12H11N2/c1-2-11-4-6-12(7-5-11)14-9-3-8-13-10-14/h1-8,10H,9H2. The van der Waals surface area contributed by atoms with Crippen molar-refractivity contribution in [2.75, 3.05) is 11.4 Å². The zero-order valence-corrected chi connectivity index (χ0v) is 7.80. The topological polar surface area (TPSA) is 15.6 Å². The number of hydrogen-bond acceptors (Lipinski definition) is 2. The highest BCUT2D eigenvalue weighted by Gasteiger charge is 2.02. The average Bonchev–Trinajstić information content (AvgIpc) is 2.30. The second-order valence-electron chi connectivity index (χ2n) is 3.06. The summed E-state index contributed by atoms with van der Waals surface area (Å²) in [5.74, 6) is 0. The summed E-state index contributed by atoms with van der Waals surface area (Å²) in [6.45, 7) is 6.27. The van der Waals surface area contributed by atoms with Crippen molar-refractivity contribution < 1.29 is 0 Å². The van der Waals surface area contributed by atoms with Crippen LogP contribution in [0.25, 0.3) is 6.08 Å². The number of hydrogen-bond donors (Lipinski definition) is 0. The molecule has 2 heteroatoms. The lowest BCUT2D eigenvalue weighted by Crippen LogP contribution is -2.22. The van der Waals surface area contributed by atoms with Crippen LogP contribution in [0.1, 0.15) is 5.56 Å². The minimum atomic E-state index is 0.870. The van der Waals surface area contributed by atoms with E-state index in [0.717, 1.165) is 17.8 Å². The van der Waals surface area contributed by atoms with Crippen molar-refractivity contribution in [1.29, 1.82) is 0 Å². The molecule has 0 saturated carbocycles. The van der Waals surface area contributed by atoms with Gasteiger partial charge < -0.3 is 4.90 Å². The molecule has 69 valence electrons. The van der Waals surface area contributed by atoms with E-state index in [2.05, 4.69) is 9.89 Å². The van der Waals surface area contributed by atoms with Gasteiger partial charge in [0.25, 0.3) is 0 Å². The molecule has 0 aromatic heterocycles. The maximum Gasteiger partial charge on any atom is 0.0952 e. The Labute approximate surface area is 83.9 Å². The normalized spacial score (nSPS) is 14.4. The third-order valence-corrected chi connectivity index (χ3v) is 2.12. The first-order chi connectivity index (χ1) is 6.90. The molecule has 0 unspecified atom stereocenters. The van der Waals surface area contributed by atoms with Crippen LogP contribution in [0.5, 0.6) is 0 Å². The number of rotatable bonds is 2. The molecule has 1 radical (unpaired) electrons. The van der Waals surface area contributed by atoms with Crippen LogP contribution in [0.4, 0.5) is 5.69 Å². The molecule has 1 aromatic rings. The zero-order valence-electron chi connectivity index (χ0n) is 7.80. The van der Waals surface area contributed by atoms with Gasteiger partial charge in [-0.1, -0.05) is 24.8 Å². The Morgan fingerprint density at radius 3 is 2.64 bits per heavy atom. The molecule has 1 aromatic carbocycles. The van der Waals surface area contributed by atoms with Crippen molar-refractivity contribution in [3.8, 4) is 0 Å². The van der Waals surface area contributed by atoms with Crippen LogP contribution in [0.2, 0.25) is 0 Å². The van der Waals surface area contributed by atoms with Gasteiger partial charge in [-0.25, -0.2) is 4.99 Å². The maximum absolute atomic E-state index is 5.40. The fourth-order valence-electron chi connectivity index (χ4n) is 1.34. The molecule has 1 aliphatic rings. The molecule has 1 aliphatic heterocycles. The molecular formula is C12H11N2. The van der Waals surface area contributed by atoms with Gasteiger partial charge in [0, 0.05) is 18.4 Å². The molecule has 0 spiro atoms. The first-order valence-electron chi connectivity index (χ1n) is 4.50. The third kappa shape index (κ3) is 1.74. The lowest BCUT2D eigenvalue weighted by Gasteiger charge is -2.19. The van der Waals surface area contributed by atoms with Crippen LogP contribution in [0.3, 0.4) is 0 Å². The van der Waals surface area contributed by atoms with Crippen molar-refractivity contribution in [2.24, 2.45) is 4.99 Å². The quantitative estimate of drug-likeness (QED) is 0.687.